The number of para-hydroxylation sites is 1. The molecule has 0 fully saturated rings. The normalized spacial score (nSPS) is 11.8. The summed E-state index contributed by atoms with van der Waals surface area (Å²) in [5.74, 6) is -4.01. The Labute approximate surface area is 272 Å². The number of amides is 3. The topological polar surface area (TPSA) is 148 Å². The number of halogens is 3. The van der Waals surface area contributed by atoms with Gasteiger partial charge >= 0.3 is 0 Å². The molecule has 3 aromatic carbocycles. The maximum Gasteiger partial charge on any atom is 0.274 e. The monoisotopic (exact) mass is 657 g/mol. The third kappa shape index (κ3) is 8.18. The predicted molar refractivity (Wildman–Crippen MR) is 173 cm³/mol. The van der Waals surface area contributed by atoms with Gasteiger partial charge in [0.25, 0.3) is 11.5 Å². The van der Waals surface area contributed by atoms with Gasteiger partial charge in [0.15, 0.2) is 0 Å². The van der Waals surface area contributed by atoms with Crippen molar-refractivity contribution in [3.8, 4) is 5.75 Å². The molecular weight excluding hydrogens is 627 g/mol. The summed E-state index contributed by atoms with van der Waals surface area (Å²) >= 11 is 0. The minimum atomic E-state index is -1.20. The molecule has 5 N–H and O–H groups in total. The van der Waals surface area contributed by atoms with E-state index in [0.29, 0.717) is 17.0 Å². The maximum absolute atomic E-state index is 14.2. The second-order valence-electron chi connectivity index (χ2n) is 10.8. The average molecular weight is 658 g/mol. The fourth-order valence-electron chi connectivity index (χ4n) is 4.96. The Morgan fingerprint density at radius 3 is 2.54 bits per heavy atom. The van der Waals surface area contributed by atoms with Crippen LogP contribution in [0.1, 0.15) is 34.5 Å². The van der Waals surface area contributed by atoms with Crippen molar-refractivity contribution in [2.24, 2.45) is 5.73 Å². The lowest BCUT2D eigenvalue weighted by Crippen LogP contribution is -2.44. The van der Waals surface area contributed by atoms with Crippen molar-refractivity contribution in [3.05, 3.63) is 142 Å². The summed E-state index contributed by atoms with van der Waals surface area (Å²) in [4.78, 5) is 53.8. The fourth-order valence-corrected chi connectivity index (χ4v) is 4.96. The van der Waals surface area contributed by atoms with Crippen molar-refractivity contribution in [2.75, 3.05) is 5.32 Å². The van der Waals surface area contributed by atoms with Gasteiger partial charge in [0.1, 0.15) is 41.5 Å². The Kier molecular flexibility index (Phi) is 10.4. The van der Waals surface area contributed by atoms with Gasteiger partial charge in [-0.3, -0.25) is 19.2 Å². The first kappa shape index (κ1) is 33.3. The maximum atomic E-state index is 14.2. The van der Waals surface area contributed by atoms with Gasteiger partial charge in [-0.05, 0) is 67.4 Å². The van der Waals surface area contributed by atoms with Crippen molar-refractivity contribution < 1.29 is 32.3 Å². The molecule has 48 heavy (non-hydrogen) atoms. The highest BCUT2D eigenvalue weighted by molar-refractivity contribution is 6.01. The number of rotatable bonds is 13. The minimum absolute atomic E-state index is 0.0180. The molecule has 0 radical (unpaired) electrons. The standard InChI is InChI=1S/C35H30F3N5O5/c36-23-15-14-22(27(38)18-23)20-48-30-12-5-7-21-17-24(40-32(21)30)19-43-16-6-11-29(35(43)47)42-34(46)28(10-3-4-13-31(39)44)41-33(45)25-8-1-2-9-26(25)37/h1-2,4-9,11-18,28,40H,3,10,19-20H2,(H2,39,44)(H,41,45)(H,42,46)/b13-4+. The van der Waals surface area contributed by atoms with Crippen molar-refractivity contribution in [1.82, 2.24) is 14.9 Å². The molecule has 246 valence electrons. The average Bonchev–Trinajstić information content (AvgIpc) is 3.47. The van der Waals surface area contributed by atoms with Gasteiger partial charge < -0.3 is 30.7 Å². The number of hydrogen-bond donors (Lipinski definition) is 4. The van der Waals surface area contributed by atoms with Crippen LogP contribution in [0.5, 0.6) is 5.75 Å². The van der Waals surface area contributed by atoms with Gasteiger partial charge in [0.05, 0.1) is 17.6 Å². The number of aromatic nitrogens is 2. The van der Waals surface area contributed by atoms with Crippen molar-refractivity contribution in [1.29, 1.82) is 0 Å². The fraction of sp³-hybridized carbons (Fsp3) is 0.143. The molecule has 5 rings (SSSR count). The third-order valence-corrected chi connectivity index (χ3v) is 7.34. The summed E-state index contributed by atoms with van der Waals surface area (Å²) in [6.45, 7) is -0.0570. The molecule has 3 amide bonds. The highest BCUT2D eigenvalue weighted by Crippen LogP contribution is 2.27. The molecule has 0 aliphatic rings. The lowest BCUT2D eigenvalue weighted by atomic mass is 10.1. The molecule has 0 saturated carbocycles. The van der Waals surface area contributed by atoms with Gasteiger partial charge in [0, 0.05) is 28.9 Å². The van der Waals surface area contributed by atoms with Crippen LogP contribution in [0.4, 0.5) is 18.9 Å². The molecule has 1 atom stereocenters. The number of fused-ring (bicyclic) bond motifs is 1. The molecule has 0 aliphatic carbocycles. The van der Waals surface area contributed by atoms with E-state index >= 15 is 0 Å². The highest BCUT2D eigenvalue weighted by atomic mass is 19.1. The number of nitrogens with two attached hydrogens (primary N) is 1. The second-order valence-corrected chi connectivity index (χ2v) is 10.8. The van der Waals surface area contributed by atoms with E-state index in [2.05, 4.69) is 15.6 Å². The van der Waals surface area contributed by atoms with E-state index in [4.69, 9.17) is 10.5 Å². The summed E-state index contributed by atoms with van der Waals surface area (Å²) in [5, 5.41) is 5.81. The van der Waals surface area contributed by atoms with Crippen LogP contribution in [0.15, 0.2) is 102 Å². The zero-order valence-corrected chi connectivity index (χ0v) is 25.3. The Bertz CT molecular complexity index is 2070. The summed E-state index contributed by atoms with van der Waals surface area (Å²) in [7, 11) is 0. The predicted octanol–water partition coefficient (Wildman–Crippen LogP) is 4.93. The van der Waals surface area contributed by atoms with Crippen LogP contribution in [0.25, 0.3) is 10.9 Å². The van der Waals surface area contributed by atoms with Crippen LogP contribution >= 0.6 is 0 Å². The van der Waals surface area contributed by atoms with Gasteiger partial charge in [-0.1, -0.05) is 30.3 Å². The van der Waals surface area contributed by atoms with E-state index in [-0.39, 0.29) is 42.8 Å². The van der Waals surface area contributed by atoms with Crippen molar-refractivity contribution in [2.45, 2.75) is 32.0 Å². The Balaban J connectivity index is 1.31. The number of nitrogens with one attached hydrogen (secondary N) is 3. The SMILES string of the molecule is NC(=O)/C=C/CCC(NC(=O)c1ccccc1F)C(=O)Nc1cccn(Cc2cc3cccc(OCc4ccc(F)cc4F)c3[nH]2)c1=O. The van der Waals surface area contributed by atoms with Crippen LogP contribution in [-0.2, 0) is 22.7 Å². The van der Waals surface area contributed by atoms with E-state index < -0.39 is 46.8 Å². The first-order valence-corrected chi connectivity index (χ1v) is 14.8. The zero-order chi connectivity index (χ0) is 34.2. The van der Waals surface area contributed by atoms with Gasteiger partial charge in [-0.15, -0.1) is 0 Å². The van der Waals surface area contributed by atoms with Crippen molar-refractivity contribution in [3.63, 3.8) is 0 Å². The molecule has 0 bridgehead atoms. The molecule has 5 aromatic rings. The number of primary amides is 1. The van der Waals surface area contributed by atoms with Crippen LogP contribution < -0.4 is 26.7 Å². The molecule has 13 heteroatoms. The zero-order valence-electron chi connectivity index (χ0n) is 25.3. The van der Waals surface area contributed by atoms with Gasteiger partial charge in [-0.2, -0.15) is 0 Å². The Morgan fingerprint density at radius 2 is 1.77 bits per heavy atom. The highest BCUT2D eigenvalue weighted by Gasteiger charge is 2.23. The summed E-state index contributed by atoms with van der Waals surface area (Å²) in [6.07, 6.45) is 4.27. The van der Waals surface area contributed by atoms with E-state index in [1.807, 2.05) is 12.1 Å². The lowest BCUT2D eigenvalue weighted by Gasteiger charge is -2.18. The third-order valence-electron chi connectivity index (χ3n) is 7.34. The lowest BCUT2D eigenvalue weighted by molar-refractivity contribution is -0.118. The summed E-state index contributed by atoms with van der Waals surface area (Å²) in [5.41, 5.74) is 5.65. The van der Waals surface area contributed by atoms with Crippen molar-refractivity contribution >= 4 is 34.3 Å². The number of benzene rings is 3. The van der Waals surface area contributed by atoms with Gasteiger partial charge in [-0.25, -0.2) is 13.2 Å². The van der Waals surface area contributed by atoms with Crippen LogP contribution in [0, 0.1) is 17.5 Å². The smallest absolute Gasteiger partial charge is 0.274 e. The van der Waals surface area contributed by atoms with E-state index in [9.17, 15) is 32.3 Å². The minimum Gasteiger partial charge on any atom is -0.487 e. The number of anilines is 1. The van der Waals surface area contributed by atoms with Crippen LogP contribution in [-0.4, -0.2) is 33.3 Å². The Hall–Kier alpha value is -6.11. The molecule has 0 saturated heterocycles. The number of allylic oxidation sites excluding steroid dienone is 1. The molecule has 0 spiro atoms. The quantitative estimate of drug-likeness (QED) is 0.133. The summed E-state index contributed by atoms with van der Waals surface area (Å²) < 4.78 is 48.8. The molecule has 0 aliphatic heterocycles. The number of H-pyrrole nitrogens is 1. The number of carbonyl (C=O) groups excluding carboxylic acids is 3. The second kappa shape index (κ2) is 15.0. The van der Waals surface area contributed by atoms with E-state index in [1.165, 1.54) is 47.2 Å². The first-order chi connectivity index (χ1) is 23.1. The Morgan fingerprint density at radius 1 is 0.958 bits per heavy atom. The van der Waals surface area contributed by atoms with Crippen LogP contribution in [0.3, 0.4) is 0 Å². The number of carbonyl (C=O) groups is 3. The molecule has 2 aromatic heterocycles. The number of pyridine rings is 1. The van der Waals surface area contributed by atoms with Crippen LogP contribution in [0.2, 0.25) is 0 Å². The largest absolute Gasteiger partial charge is 0.487 e. The number of hydrogen-bond acceptors (Lipinski definition) is 5. The summed E-state index contributed by atoms with van der Waals surface area (Å²) in [6, 6.07) is 17.4. The number of nitrogens with zero attached hydrogens (tertiary/aromatic N) is 1. The van der Waals surface area contributed by atoms with Gasteiger partial charge in [0.2, 0.25) is 11.8 Å². The van der Waals surface area contributed by atoms with E-state index in [0.717, 1.165) is 29.7 Å². The number of ether oxygens (including phenoxy) is 1. The molecule has 2 heterocycles. The number of aromatic amines is 1. The molecular formula is C35H30F3N5O5. The first-order valence-electron chi connectivity index (χ1n) is 14.8. The molecule has 1 unspecified atom stereocenters. The van der Waals surface area contributed by atoms with E-state index in [1.54, 1.807) is 18.2 Å². The molecule has 10 nitrogen and oxygen atoms in total.